The highest BCUT2D eigenvalue weighted by atomic mass is 32.2. The van der Waals surface area contributed by atoms with Crippen molar-refractivity contribution >= 4 is 54.3 Å². The molecular formula is C26H27N3O10S2. The highest BCUT2D eigenvalue weighted by Gasteiger charge is 2.37. The van der Waals surface area contributed by atoms with Crippen molar-refractivity contribution < 1.29 is 40.6 Å². The van der Waals surface area contributed by atoms with Crippen molar-refractivity contribution in [1.29, 1.82) is 0 Å². The van der Waals surface area contributed by atoms with E-state index in [0.29, 0.717) is 16.9 Å². The lowest BCUT2D eigenvalue weighted by Gasteiger charge is -2.16. The monoisotopic (exact) mass is 605 g/mol. The molecule has 2 N–H and O–H groups in total. The van der Waals surface area contributed by atoms with Crippen molar-refractivity contribution in [2.45, 2.75) is 10.8 Å². The highest BCUT2D eigenvalue weighted by molar-refractivity contribution is 7.89. The zero-order valence-corrected chi connectivity index (χ0v) is 23.6. The maximum absolute atomic E-state index is 13.3. The maximum Gasteiger partial charge on any atom is 0.279 e. The summed E-state index contributed by atoms with van der Waals surface area (Å²) >= 11 is 0. The van der Waals surface area contributed by atoms with Crippen molar-refractivity contribution in [2.75, 3.05) is 44.6 Å². The number of nitro groups is 1. The lowest BCUT2D eigenvalue weighted by atomic mass is 9.94. The third-order valence-electron chi connectivity index (χ3n) is 6.40. The minimum absolute atomic E-state index is 0.0203. The molecule has 0 bridgehead atoms. The van der Waals surface area contributed by atoms with Crippen LogP contribution in [-0.4, -0.2) is 72.4 Å². The second-order valence-corrected chi connectivity index (χ2v) is 12.6. The Morgan fingerprint density at radius 3 is 2.46 bits per heavy atom. The van der Waals surface area contributed by atoms with Crippen LogP contribution in [0, 0.1) is 10.1 Å². The Labute approximate surface area is 236 Å². The average molecular weight is 606 g/mol. The molecule has 1 heterocycles. The molecule has 15 heteroatoms. The number of methoxy groups -OCH3 is 1. The Morgan fingerprint density at radius 2 is 1.85 bits per heavy atom. The predicted octanol–water partition coefficient (Wildman–Crippen LogP) is 2.15. The molecule has 3 aromatic rings. The number of fused-ring (bicyclic) bond motifs is 3. The minimum Gasteiger partial charge on any atom is -0.497 e. The van der Waals surface area contributed by atoms with Crippen LogP contribution in [0.3, 0.4) is 0 Å². The molecule has 0 radical (unpaired) electrons. The largest absolute Gasteiger partial charge is 0.497 e. The molecule has 1 unspecified atom stereocenters. The molecular weight excluding hydrogens is 578 g/mol. The van der Waals surface area contributed by atoms with E-state index in [1.54, 1.807) is 30.3 Å². The maximum atomic E-state index is 13.3. The second kappa shape index (κ2) is 11.9. The first kappa shape index (κ1) is 30.1. The van der Waals surface area contributed by atoms with E-state index in [1.807, 2.05) is 0 Å². The fraction of sp³-hybridized carbons (Fsp3) is 0.269. The molecule has 0 saturated heterocycles. The number of carbonyl (C=O) groups is 1. The number of nitro benzene ring substituents is 1. The number of aliphatic hydroxyl groups excluding tert-OH is 1. The molecule has 4 rings (SSSR count). The second-order valence-electron chi connectivity index (χ2n) is 9.16. The van der Waals surface area contributed by atoms with E-state index in [2.05, 4.69) is 4.72 Å². The summed E-state index contributed by atoms with van der Waals surface area (Å²) in [6, 6.07) is 11.8. The van der Waals surface area contributed by atoms with E-state index >= 15 is 0 Å². The fourth-order valence-corrected chi connectivity index (χ4v) is 6.02. The Bertz CT molecular complexity index is 1740. The van der Waals surface area contributed by atoms with Crippen LogP contribution < -0.4 is 14.4 Å². The number of rotatable bonds is 11. The van der Waals surface area contributed by atoms with Gasteiger partial charge in [0.1, 0.15) is 5.75 Å². The Morgan fingerprint density at radius 1 is 1.15 bits per heavy atom. The lowest BCUT2D eigenvalue weighted by Crippen LogP contribution is -2.29. The molecule has 1 aliphatic heterocycles. The molecule has 1 aliphatic rings. The topological polar surface area (TPSA) is 182 Å². The van der Waals surface area contributed by atoms with E-state index in [1.165, 1.54) is 36.3 Å². The zero-order chi connectivity index (χ0) is 29.9. The minimum atomic E-state index is -4.09. The summed E-state index contributed by atoms with van der Waals surface area (Å²) in [5, 5.41) is 21.3. The molecule has 0 spiro atoms. The highest BCUT2D eigenvalue weighted by Crippen LogP contribution is 2.46. The van der Waals surface area contributed by atoms with Gasteiger partial charge in [0.25, 0.3) is 21.7 Å². The van der Waals surface area contributed by atoms with Gasteiger partial charge in [-0.1, -0.05) is 18.2 Å². The number of nitrogens with zero attached hydrogens (tertiary/aromatic N) is 2. The Kier molecular flexibility index (Phi) is 8.74. The van der Waals surface area contributed by atoms with Gasteiger partial charge >= 0.3 is 0 Å². The normalized spacial score (nSPS) is 15.4. The summed E-state index contributed by atoms with van der Waals surface area (Å²) < 4.78 is 61.2. The summed E-state index contributed by atoms with van der Waals surface area (Å²) in [6.07, 6.45) is 3.74. The third kappa shape index (κ3) is 6.71. The van der Waals surface area contributed by atoms with Crippen LogP contribution in [-0.2, 0) is 29.1 Å². The van der Waals surface area contributed by atoms with Crippen LogP contribution in [0.2, 0.25) is 0 Å². The molecule has 41 heavy (non-hydrogen) atoms. The van der Waals surface area contributed by atoms with Gasteiger partial charge < -0.3 is 14.7 Å². The van der Waals surface area contributed by atoms with Gasteiger partial charge in [0, 0.05) is 31.1 Å². The molecule has 3 aromatic carbocycles. The van der Waals surface area contributed by atoms with Crippen molar-refractivity contribution in [3.8, 4) is 5.75 Å². The standard InChI is InChI=1S/C26H27N3O10S2/c1-38-19-6-3-17(4-7-19)5-10-25(31)28-15-18(16-39-40(2,34)35)26-21-9-8-20(41(36,37)27-11-12-30)13-22(21)23(29(32)33)14-24(26)28/h3-10,13-14,18,27,30H,11-12,15-16H2,1-2H3/b10-5+. The SMILES string of the molecule is COc1ccc(/C=C/C(=O)N2CC(COS(C)(=O)=O)c3c2cc([N+](=O)[O-])c2cc(S(=O)(=O)NCCO)ccc32)cc1. The first-order chi connectivity index (χ1) is 19.3. The number of ether oxygens (including phenoxy) is 1. The third-order valence-corrected chi connectivity index (χ3v) is 8.43. The number of amides is 1. The van der Waals surface area contributed by atoms with Crippen molar-refractivity contribution in [2.24, 2.45) is 0 Å². The zero-order valence-electron chi connectivity index (χ0n) is 22.0. The summed E-state index contributed by atoms with van der Waals surface area (Å²) in [7, 11) is -6.42. The van der Waals surface area contributed by atoms with Crippen LogP contribution in [0.5, 0.6) is 5.75 Å². The quantitative estimate of drug-likeness (QED) is 0.142. The smallest absolute Gasteiger partial charge is 0.279 e. The van der Waals surface area contributed by atoms with Gasteiger partial charge in [0.2, 0.25) is 10.0 Å². The van der Waals surface area contributed by atoms with Gasteiger partial charge in [-0.3, -0.25) is 19.1 Å². The summed E-state index contributed by atoms with van der Waals surface area (Å²) in [4.78, 5) is 25.8. The number of hydrogen-bond acceptors (Lipinski definition) is 10. The van der Waals surface area contributed by atoms with Gasteiger partial charge in [-0.15, -0.1) is 0 Å². The van der Waals surface area contributed by atoms with Crippen molar-refractivity contribution in [3.63, 3.8) is 0 Å². The van der Waals surface area contributed by atoms with E-state index in [-0.39, 0.29) is 41.1 Å². The molecule has 1 atom stereocenters. The molecule has 1 amide bonds. The number of sulfonamides is 1. The molecule has 0 aromatic heterocycles. The average Bonchev–Trinajstić information content (AvgIpc) is 3.31. The molecule has 0 saturated carbocycles. The van der Waals surface area contributed by atoms with Crippen LogP contribution in [0.25, 0.3) is 16.8 Å². The van der Waals surface area contributed by atoms with Gasteiger partial charge in [-0.25, -0.2) is 13.1 Å². The van der Waals surface area contributed by atoms with Gasteiger partial charge in [0.05, 0.1) is 47.5 Å². The van der Waals surface area contributed by atoms with Crippen LogP contribution in [0.4, 0.5) is 11.4 Å². The number of non-ortho nitro benzene ring substituents is 1. The Hall–Kier alpha value is -3.89. The van der Waals surface area contributed by atoms with Crippen LogP contribution in [0.15, 0.2) is 59.5 Å². The van der Waals surface area contributed by atoms with Gasteiger partial charge in [0.15, 0.2) is 0 Å². The van der Waals surface area contributed by atoms with Gasteiger partial charge in [-0.2, -0.15) is 8.42 Å². The number of anilines is 1. The molecule has 0 aliphatic carbocycles. The molecule has 218 valence electrons. The predicted molar refractivity (Wildman–Crippen MR) is 151 cm³/mol. The van der Waals surface area contributed by atoms with E-state index in [0.717, 1.165) is 12.3 Å². The fourth-order valence-electron chi connectivity index (χ4n) is 4.56. The number of nitrogens with one attached hydrogen (secondary N) is 1. The first-order valence-electron chi connectivity index (χ1n) is 12.2. The summed E-state index contributed by atoms with van der Waals surface area (Å²) in [6.45, 7) is -1.08. The molecule has 13 nitrogen and oxygen atoms in total. The Balaban J connectivity index is 1.83. The summed E-state index contributed by atoms with van der Waals surface area (Å²) in [5.74, 6) is -0.573. The van der Waals surface area contributed by atoms with E-state index < -0.39 is 49.2 Å². The van der Waals surface area contributed by atoms with E-state index in [4.69, 9.17) is 14.0 Å². The van der Waals surface area contributed by atoms with E-state index in [9.17, 15) is 31.7 Å². The number of carbonyl (C=O) groups excluding carboxylic acids is 1. The number of hydrogen-bond donors (Lipinski definition) is 2. The molecule has 0 fully saturated rings. The van der Waals surface area contributed by atoms with Crippen LogP contribution in [0.1, 0.15) is 17.0 Å². The van der Waals surface area contributed by atoms with Crippen LogP contribution >= 0.6 is 0 Å². The van der Waals surface area contributed by atoms with Gasteiger partial charge in [-0.05, 0) is 46.9 Å². The number of benzene rings is 3. The number of aliphatic hydroxyl groups is 1. The summed E-state index contributed by atoms with van der Waals surface area (Å²) in [5.41, 5.74) is 0.848. The van der Waals surface area contributed by atoms with Crippen molar-refractivity contribution in [3.05, 3.63) is 75.8 Å². The lowest BCUT2D eigenvalue weighted by molar-refractivity contribution is -0.383. The first-order valence-corrected chi connectivity index (χ1v) is 15.5. The van der Waals surface area contributed by atoms with Crippen molar-refractivity contribution in [1.82, 2.24) is 4.72 Å².